The minimum absolute atomic E-state index is 0.0998. The van der Waals surface area contributed by atoms with Crippen molar-refractivity contribution in [3.8, 4) is 0 Å². The molecular weight excluding hydrogens is 346 g/mol. The molecule has 0 aliphatic carbocycles. The van der Waals surface area contributed by atoms with Crippen LogP contribution in [0.15, 0.2) is 20.1 Å². The van der Waals surface area contributed by atoms with Crippen molar-refractivity contribution in [2.45, 2.75) is 22.9 Å². The molecule has 2 unspecified atom stereocenters. The van der Waals surface area contributed by atoms with Gasteiger partial charge in [0.25, 0.3) is 10.0 Å². The number of hydrogen-bond acceptors (Lipinski definition) is 3. The van der Waals surface area contributed by atoms with Crippen molar-refractivity contribution in [3.63, 3.8) is 0 Å². The van der Waals surface area contributed by atoms with Crippen LogP contribution < -0.4 is 0 Å². The van der Waals surface area contributed by atoms with Gasteiger partial charge in [0, 0.05) is 22.9 Å². The number of hydrogen-bond donors (Lipinski definition) is 0. The molecule has 1 aliphatic heterocycles. The van der Waals surface area contributed by atoms with E-state index < -0.39 is 10.0 Å². The SMILES string of the molecule is CC1CCN(S(=O)(=O)c2sccc2Br)CC1Cl. The van der Waals surface area contributed by atoms with Crippen LogP contribution in [-0.2, 0) is 10.0 Å². The Kier molecular flexibility index (Phi) is 4.20. The second-order valence-electron chi connectivity index (χ2n) is 4.20. The first-order valence-electron chi connectivity index (χ1n) is 5.30. The van der Waals surface area contributed by atoms with E-state index in [0.717, 1.165) is 6.42 Å². The Morgan fingerprint density at radius 3 is 2.82 bits per heavy atom. The molecule has 1 aromatic rings. The first-order chi connectivity index (χ1) is 7.93. The summed E-state index contributed by atoms with van der Waals surface area (Å²) < 4.78 is 27.2. The normalized spacial score (nSPS) is 27.2. The van der Waals surface area contributed by atoms with Gasteiger partial charge in [-0.05, 0) is 39.7 Å². The molecule has 2 atom stereocenters. The third kappa shape index (κ3) is 2.71. The van der Waals surface area contributed by atoms with Crippen molar-refractivity contribution in [3.05, 3.63) is 15.9 Å². The average Bonchev–Trinajstić information content (AvgIpc) is 2.69. The van der Waals surface area contributed by atoms with Crippen LogP contribution in [0.1, 0.15) is 13.3 Å². The molecule has 2 rings (SSSR count). The summed E-state index contributed by atoms with van der Waals surface area (Å²) in [6.45, 7) is 3.01. The first kappa shape index (κ1) is 13.8. The number of halogens is 2. The minimum atomic E-state index is -3.39. The second kappa shape index (κ2) is 5.17. The van der Waals surface area contributed by atoms with Gasteiger partial charge in [-0.15, -0.1) is 22.9 Å². The number of thiophene rings is 1. The summed E-state index contributed by atoms with van der Waals surface area (Å²) in [5.41, 5.74) is 0. The fourth-order valence-electron chi connectivity index (χ4n) is 1.79. The highest BCUT2D eigenvalue weighted by Crippen LogP contribution is 2.33. The molecule has 1 aliphatic rings. The highest BCUT2D eigenvalue weighted by Gasteiger charge is 2.34. The molecule has 0 radical (unpaired) electrons. The maximum Gasteiger partial charge on any atom is 0.253 e. The third-order valence-corrected chi connectivity index (χ3v) is 8.07. The van der Waals surface area contributed by atoms with Crippen molar-refractivity contribution in [2.24, 2.45) is 5.92 Å². The summed E-state index contributed by atoms with van der Waals surface area (Å²) in [7, 11) is -3.39. The summed E-state index contributed by atoms with van der Waals surface area (Å²) >= 11 is 10.7. The summed E-state index contributed by atoms with van der Waals surface area (Å²) in [6, 6.07) is 1.75. The van der Waals surface area contributed by atoms with Gasteiger partial charge in [-0.3, -0.25) is 0 Å². The smallest absolute Gasteiger partial charge is 0.206 e. The minimum Gasteiger partial charge on any atom is -0.206 e. The maximum absolute atomic E-state index is 12.4. The van der Waals surface area contributed by atoms with E-state index in [1.165, 1.54) is 15.6 Å². The van der Waals surface area contributed by atoms with E-state index in [1.54, 1.807) is 11.4 Å². The fraction of sp³-hybridized carbons (Fsp3) is 0.600. The molecule has 0 saturated carbocycles. The Morgan fingerprint density at radius 1 is 1.59 bits per heavy atom. The van der Waals surface area contributed by atoms with Crippen LogP contribution in [0.5, 0.6) is 0 Å². The summed E-state index contributed by atoms with van der Waals surface area (Å²) in [5.74, 6) is 0.370. The van der Waals surface area contributed by atoms with Crippen molar-refractivity contribution < 1.29 is 8.42 Å². The van der Waals surface area contributed by atoms with Crippen molar-refractivity contribution in [1.82, 2.24) is 4.31 Å². The molecule has 0 N–H and O–H groups in total. The summed E-state index contributed by atoms with van der Waals surface area (Å²) in [4.78, 5) is 0. The predicted octanol–water partition coefficient (Wildman–Crippen LogP) is 3.15. The lowest BCUT2D eigenvalue weighted by molar-refractivity contribution is 0.293. The van der Waals surface area contributed by atoms with Crippen LogP contribution in [0.3, 0.4) is 0 Å². The van der Waals surface area contributed by atoms with Crippen LogP contribution in [-0.4, -0.2) is 31.2 Å². The zero-order valence-electron chi connectivity index (χ0n) is 9.27. The van der Waals surface area contributed by atoms with Crippen molar-refractivity contribution >= 4 is 48.9 Å². The Bertz CT molecular complexity index is 502. The topological polar surface area (TPSA) is 37.4 Å². The van der Waals surface area contributed by atoms with Crippen LogP contribution in [0.25, 0.3) is 0 Å². The Labute approximate surface area is 119 Å². The molecule has 17 heavy (non-hydrogen) atoms. The molecule has 0 bridgehead atoms. The van der Waals surface area contributed by atoms with E-state index >= 15 is 0 Å². The number of rotatable bonds is 2. The van der Waals surface area contributed by atoms with Gasteiger partial charge in [-0.2, -0.15) is 4.31 Å². The van der Waals surface area contributed by atoms with E-state index in [0.29, 0.717) is 27.7 Å². The fourth-order valence-corrected chi connectivity index (χ4v) is 6.10. The van der Waals surface area contributed by atoms with Gasteiger partial charge in [0.05, 0.1) is 0 Å². The monoisotopic (exact) mass is 357 g/mol. The molecular formula is C10H13BrClNO2S2. The van der Waals surface area contributed by atoms with Gasteiger partial charge in [-0.1, -0.05) is 6.92 Å². The lowest BCUT2D eigenvalue weighted by Gasteiger charge is -2.32. The standard InChI is InChI=1S/C10H13BrClNO2S2/c1-7-2-4-13(6-9(7)12)17(14,15)10-8(11)3-5-16-10/h3,5,7,9H,2,4,6H2,1H3. The molecule has 1 saturated heterocycles. The largest absolute Gasteiger partial charge is 0.253 e. The van der Waals surface area contributed by atoms with Crippen LogP contribution in [0, 0.1) is 5.92 Å². The van der Waals surface area contributed by atoms with Gasteiger partial charge in [-0.25, -0.2) is 8.42 Å². The van der Waals surface area contributed by atoms with Crippen LogP contribution >= 0.6 is 38.9 Å². The quantitative estimate of drug-likeness (QED) is 0.762. The van der Waals surface area contributed by atoms with E-state index in [4.69, 9.17) is 11.6 Å². The molecule has 7 heteroatoms. The Balaban J connectivity index is 2.26. The molecule has 0 aromatic carbocycles. The van der Waals surface area contributed by atoms with Crippen molar-refractivity contribution in [1.29, 1.82) is 0 Å². The molecule has 3 nitrogen and oxygen atoms in total. The Hall–Kier alpha value is 0.380. The zero-order chi connectivity index (χ0) is 12.6. The van der Waals surface area contributed by atoms with Gasteiger partial charge in [0.15, 0.2) is 0 Å². The van der Waals surface area contributed by atoms with Gasteiger partial charge in [0.2, 0.25) is 0 Å². The zero-order valence-corrected chi connectivity index (χ0v) is 13.2. The highest BCUT2D eigenvalue weighted by molar-refractivity contribution is 9.10. The first-order valence-corrected chi connectivity index (χ1v) is 8.85. The number of nitrogens with zero attached hydrogens (tertiary/aromatic N) is 1. The van der Waals surface area contributed by atoms with Crippen molar-refractivity contribution in [2.75, 3.05) is 13.1 Å². The number of alkyl halides is 1. The molecule has 1 aromatic heterocycles. The van der Waals surface area contributed by atoms with E-state index in [1.807, 2.05) is 0 Å². The van der Waals surface area contributed by atoms with E-state index in [2.05, 4.69) is 22.9 Å². The van der Waals surface area contributed by atoms with E-state index in [9.17, 15) is 8.42 Å². The third-order valence-electron chi connectivity index (χ3n) is 2.99. The lowest BCUT2D eigenvalue weighted by atomic mass is 10.0. The second-order valence-corrected chi connectivity index (χ2v) is 8.67. The molecule has 0 spiro atoms. The lowest BCUT2D eigenvalue weighted by Crippen LogP contribution is -2.43. The summed E-state index contributed by atoms with van der Waals surface area (Å²) in [6.07, 6.45) is 0.816. The maximum atomic E-state index is 12.4. The average molecular weight is 359 g/mol. The molecule has 0 amide bonds. The van der Waals surface area contributed by atoms with Gasteiger partial charge in [0.1, 0.15) is 4.21 Å². The number of sulfonamides is 1. The van der Waals surface area contributed by atoms with Crippen LogP contribution in [0.2, 0.25) is 0 Å². The van der Waals surface area contributed by atoms with E-state index in [-0.39, 0.29) is 5.38 Å². The molecule has 2 heterocycles. The van der Waals surface area contributed by atoms with Gasteiger partial charge < -0.3 is 0 Å². The molecule has 96 valence electrons. The van der Waals surface area contributed by atoms with Gasteiger partial charge >= 0.3 is 0 Å². The Morgan fingerprint density at radius 2 is 2.29 bits per heavy atom. The number of piperidine rings is 1. The van der Waals surface area contributed by atoms with Crippen LogP contribution in [0.4, 0.5) is 0 Å². The highest BCUT2D eigenvalue weighted by atomic mass is 79.9. The molecule has 1 fully saturated rings. The predicted molar refractivity (Wildman–Crippen MR) is 74.2 cm³/mol. The summed E-state index contributed by atoms with van der Waals surface area (Å²) in [5, 5.41) is 1.67.